The van der Waals surface area contributed by atoms with Crippen LogP contribution < -0.4 is 0 Å². The largest absolute Gasteiger partial charge is 0.416 e. The molecule has 20 heavy (non-hydrogen) atoms. The fourth-order valence-corrected chi connectivity index (χ4v) is 2.42. The number of alkyl halides is 3. The molecule has 0 radical (unpaired) electrons. The van der Waals surface area contributed by atoms with E-state index in [1.54, 1.807) is 0 Å². The number of likely N-dealkylation sites (tertiary alicyclic amines) is 1. The zero-order chi connectivity index (χ0) is 14.9. The minimum absolute atomic E-state index is 0.0142. The van der Waals surface area contributed by atoms with Crippen LogP contribution in [-0.4, -0.2) is 40.3 Å². The molecule has 4 nitrogen and oxygen atoms in total. The fourth-order valence-electron chi connectivity index (χ4n) is 2.42. The molecule has 2 N–H and O–H groups in total. The number of carbonyl (C=O) groups excluding carboxylic acids is 1. The van der Waals surface area contributed by atoms with E-state index < -0.39 is 36.4 Å². The van der Waals surface area contributed by atoms with E-state index in [-0.39, 0.29) is 13.0 Å². The van der Waals surface area contributed by atoms with Gasteiger partial charge < -0.3 is 15.1 Å². The van der Waals surface area contributed by atoms with Crippen molar-refractivity contribution < 1.29 is 28.2 Å². The lowest BCUT2D eigenvalue weighted by atomic mass is 10.0. The highest BCUT2D eigenvalue weighted by molar-refractivity contribution is 5.78. The average molecular weight is 289 g/mol. The summed E-state index contributed by atoms with van der Waals surface area (Å²) in [7, 11) is 0. The normalized spacial score (nSPS) is 23.1. The van der Waals surface area contributed by atoms with Gasteiger partial charge in [-0.2, -0.15) is 13.2 Å². The van der Waals surface area contributed by atoms with Crippen LogP contribution in [0.1, 0.15) is 23.6 Å². The van der Waals surface area contributed by atoms with E-state index in [1.807, 2.05) is 0 Å². The Bertz CT molecular complexity index is 504. The van der Waals surface area contributed by atoms with Gasteiger partial charge in [-0.05, 0) is 24.1 Å². The van der Waals surface area contributed by atoms with Crippen molar-refractivity contribution in [2.75, 3.05) is 13.2 Å². The number of aliphatic hydroxyl groups is 2. The van der Waals surface area contributed by atoms with Crippen LogP contribution in [0.5, 0.6) is 0 Å². The minimum atomic E-state index is -4.46. The molecule has 0 aromatic heterocycles. The van der Waals surface area contributed by atoms with Gasteiger partial charge in [0.05, 0.1) is 17.7 Å². The number of halogens is 3. The monoisotopic (exact) mass is 289 g/mol. The molecule has 2 atom stereocenters. The summed E-state index contributed by atoms with van der Waals surface area (Å²) in [6.45, 7) is -0.720. The van der Waals surface area contributed by atoms with E-state index in [4.69, 9.17) is 5.11 Å². The van der Waals surface area contributed by atoms with Crippen molar-refractivity contribution in [1.29, 1.82) is 0 Å². The second kappa shape index (κ2) is 5.41. The Kier molecular flexibility index (Phi) is 4.01. The lowest BCUT2D eigenvalue weighted by molar-refractivity contribution is -0.137. The Morgan fingerprint density at radius 2 is 2.10 bits per heavy atom. The number of rotatable bonds is 2. The molecule has 1 heterocycles. The molecule has 1 aromatic carbocycles. The van der Waals surface area contributed by atoms with Crippen molar-refractivity contribution in [2.24, 2.45) is 0 Å². The Morgan fingerprint density at radius 1 is 1.40 bits per heavy atom. The summed E-state index contributed by atoms with van der Waals surface area (Å²) in [4.78, 5) is 12.8. The highest BCUT2D eigenvalue weighted by Gasteiger charge is 2.36. The predicted molar refractivity (Wildman–Crippen MR) is 63.6 cm³/mol. The molecule has 7 heteroatoms. The molecule has 1 aromatic rings. The van der Waals surface area contributed by atoms with Gasteiger partial charge in [-0.15, -0.1) is 0 Å². The maximum absolute atomic E-state index is 12.7. The van der Waals surface area contributed by atoms with Crippen molar-refractivity contribution in [2.45, 2.75) is 24.7 Å². The third-order valence-corrected chi connectivity index (χ3v) is 3.33. The Labute approximate surface area is 113 Å². The summed E-state index contributed by atoms with van der Waals surface area (Å²) >= 11 is 0. The third kappa shape index (κ3) is 2.94. The highest BCUT2D eigenvalue weighted by atomic mass is 19.4. The highest BCUT2D eigenvalue weighted by Crippen LogP contribution is 2.36. The molecule has 0 aliphatic carbocycles. The van der Waals surface area contributed by atoms with Crippen molar-refractivity contribution in [3.8, 4) is 0 Å². The van der Waals surface area contributed by atoms with Crippen LogP contribution in [0.25, 0.3) is 0 Å². The summed E-state index contributed by atoms with van der Waals surface area (Å²) in [5.41, 5.74) is -0.494. The first-order valence-corrected chi connectivity index (χ1v) is 6.08. The minimum Gasteiger partial charge on any atom is -0.391 e. The molecular weight excluding hydrogens is 275 g/mol. The molecular formula is C13H14F3NO3. The first-order chi connectivity index (χ1) is 9.32. The quantitative estimate of drug-likeness (QED) is 0.863. The standard InChI is InChI=1S/C13H14F3NO3/c14-13(15,16)9-3-1-2-8(4-9)11-5-10(19)6-17(11)12(20)7-18/h1-4,10-11,18-19H,5-7H2/t10-,11+/m1/s1. The summed E-state index contributed by atoms with van der Waals surface area (Å²) < 4.78 is 38.1. The molecule has 0 saturated carbocycles. The number of amides is 1. The van der Waals surface area contributed by atoms with Crippen LogP contribution in [0.3, 0.4) is 0 Å². The second-order valence-electron chi connectivity index (χ2n) is 4.73. The zero-order valence-corrected chi connectivity index (χ0v) is 10.5. The molecule has 2 rings (SSSR count). The maximum Gasteiger partial charge on any atom is 0.416 e. The van der Waals surface area contributed by atoms with Crippen LogP contribution in [0, 0.1) is 0 Å². The first-order valence-electron chi connectivity index (χ1n) is 6.08. The van der Waals surface area contributed by atoms with Crippen molar-refractivity contribution in [1.82, 2.24) is 4.90 Å². The van der Waals surface area contributed by atoms with Gasteiger partial charge in [0.1, 0.15) is 6.61 Å². The van der Waals surface area contributed by atoms with Crippen LogP contribution >= 0.6 is 0 Å². The topological polar surface area (TPSA) is 60.8 Å². The SMILES string of the molecule is O=C(CO)N1C[C@H](O)C[C@H]1c1cccc(C(F)(F)F)c1. The number of β-amino-alcohol motifs (C(OH)–C–C–N with tert-alkyl or cyclic N) is 1. The van der Waals surface area contributed by atoms with E-state index >= 15 is 0 Å². The van der Waals surface area contributed by atoms with E-state index in [1.165, 1.54) is 17.0 Å². The van der Waals surface area contributed by atoms with E-state index in [0.717, 1.165) is 12.1 Å². The van der Waals surface area contributed by atoms with Gasteiger partial charge in [0.2, 0.25) is 5.91 Å². The van der Waals surface area contributed by atoms with E-state index in [2.05, 4.69) is 0 Å². The molecule has 1 fully saturated rings. The maximum atomic E-state index is 12.7. The summed E-state index contributed by atoms with van der Waals surface area (Å²) in [5.74, 6) is -0.607. The van der Waals surface area contributed by atoms with Crippen molar-refractivity contribution in [3.63, 3.8) is 0 Å². The smallest absolute Gasteiger partial charge is 0.391 e. The predicted octanol–water partition coefficient (Wildman–Crippen LogP) is 1.33. The molecule has 1 aliphatic heterocycles. The zero-order valence-electron chi connectivity index (χ0n) is 10.5. The number of benzene rings is 1. The lowest BCUT2D eigenvalue weighted by Crippen LogP contribution is -2.33. The summed E-state index contributed by atoms with van der Waals surface area (Å²) in [6, 6.07) is 4.03. The summed E-state index contributed by atoms with van der Waals surface area (Å²) in [6.07, 6.45) is -5.10. The van der Waals surface area contributed by atoms with Crippen LogP contribution in [-0.2, 0) is 11.0 Å². The molecule has 0 bridgehead atoms. The molecule has 1 amide bonds. The number of aliphatic hydroxyl groups excluding tert-OH is 2. The van der Waals surface area contributed by atoms with Gasteiger partial charge in [0.25, 0.3) is 0 Å². The van der Waals surface area contributed by atoms with Gasteiger partial charge in [0, 0.05) is 6.54 Å². The Balaban J connectivity index is 2.32. The molecule has 0 spiro atoms. The number of carbonyl (C=O) groups is 1. The van der Waals surface area contributed by atoms with Gasteiger partial charge in [-0.1, -0.05) is 12.1 Å². The Hall–Kier alpha value is -1.60. The molecule has 1 aliphatic rings. The lowest BCUT2D eigenvalue weighted by Gasteiger charge is -2.24. The van der Waals surface area contributed by atoms with E-state index in [9.17, 15) is 23.1 Å². The summed E-state index contributed by atoms with van der Waals surface area (Å²) in [5, 5.41) is 18.5. The van der Waals surface area contributed by atoms with Gasteiger partial charge in [0.15, 0.2) is 0 Å². The number of hydrogen-bond acceptors (Lipinski definition) is 3. The second-order valence-corrected chi connectivity index (χ2v) is 4.73. The van der Waals surface area contributed by atoms with Gasteiger partial charge in [-0.25, -0.2) is 0 Å². The first kappa shape index (κ1) is 14.8. The molecule has 0 unspecified atom stereocenters. The van der Waals surface area contributed by atoms with Gasteiger partial charge in [-0.3, -0.25) is 4.79 Å². The third-order valence-electron chi connectivity index (χ3n) is 3.33. The van der Waals surface area contributed by atoms with Crippen LogP contribution in [0.2, 0.25) is 0 Å². The van der Waals surface area contributed by atoms with Crippen molar-refractivity contribution >= 4 is 5.91 Å². The molecule has 110 valence electrons. The van der Waals surface area contributed by atoms with Crippen LogP contribution in [0.15, 0.2) is 24.3 Å². The number of nitrogens with zero attached hydrogens (tertiary/aromatic N) is 1. The Morgan fingerprint density at radius 3 is 2.70 bits per heavy atom. The molecule has 1 saturated heterocycles. The number of hydrogen-bond donors (Lipinski definition) is 2. The van der Waals surface area contributed by atoms with Crippen LogP contribution in [0.4, 0.5) is 13.2 Å². The van der Waals surface area contributed by atoms with Gasteiger partial charge >= 0.3 is 6.18 Å². The average Bonchev–Trinajstić information content (AvgIpc) is 2.79. The van der Waals surface area contributed by atoms with E-state index in [0.29, 0.717) is 5.56 Å². The van der Waals surface area contributed by atoms with Crippen molar-refractivity contribution in [3.05, 3.63) is 35.4 Å². The fraction of sp³-hybridized carbons (Fsp3) is 0.462.